The molecule has 0 amide bonds. The van der Waals surface area contributed by atoms with Gasteiger partial charge in [-0.15, -0.1) is 12.4 Å². The summed E-state index contributed by atoms with van der Waals surface area (Å²) in [6.45, 7) is 0.352. The van der Waals surface area contributed by atoms with Crippen molar-refractivity contribution in [3.8, 4) is 0 Å². The van der Waals surface area contributed by atoms with E-state index in [0.717, 1.165) is 0 Å². The highest BCUT2D eigenvalue weighted by molar-refractivity contribution is 5.95. The van der Waals surface area contributed by atoms with Crippen molar-refractivity contribution < 1.29 is 21.8 Å². The van der Waals surface area contributed by atoms with Crippen LogP contribution in [0.2, 0.25) is 0 Å². The Balaban J connectivity index is 0.00000144. The molecule has 0 fully saturated rings. The van der Waals surface area contributed by atoms with Gasteiger partial charge in [-0.2, -0.15) is 4.57 Å². The number of carbonyl (C=O) groups excluding carboxylic acids is 1. The number of aromatic nitrogens is 1. The summed E-state index contributed by atoms with van der Waals surface area (Å²) in [4.78, 5) is 11.9. The molecular formula is C13H14Cl2N2O. The predicted octanol–water partition coefficient (Wildman–Crippen LogP) is -1.13. The first-order valence-electron chi connectivity index (χ1n) is 5.08. The van der Waals surface area contributed by atoms with E-state index in [2.05, 4.69) is 0 Å². The minimum atomic E-state index is 0. The highest BCUT2D eigenvalue weighted by atomic mass is 35.5. The number of halogens is 2. The molecule has 1 aromatic heterocycles. The second-order valence-corrected chi connectivity index (χ2v) is 3.59. The molecule has 0 saturated carbocycles. The Hall–Kier alpha value is -1.58. The fraction of sp³-hybridized carbons (Fsp3) is 0.0769. The quantitative estimate of drug-likeness (QED) is 0.440. The third-order valence-corrected chi connectivity index (χ3v) is 2.34. The second-order valence-electron chi connectivity index (χ2n) is 3.59. The number of benzene rings is 1. The van der Waals surface area contributed by atoms with Crippen molar-refractivity contribution in [3.05, 3.63) is 60.4 Å². The maximum Gasteiger partial charge on any atom is 0.227 e. The van der Waals surface area contributed by atoms with Crippen LogP contribution in [0.1, 0.15) is 10.4 Å². The van der Waals surface area contributed by atoms with Crippen LogP contribution in [-0.4, -0.2) is 5.78 Å². The molecule has 0 bridgehead atoms. The van der Waals surface area contributed by atoms with E-state index in [4.69, 9.17) is 5.73 Å². The Labute approximate surface area is 118 Å². The summed E-state index contributed by atoms with van der Waals surface area (Å²) in [5.41, 5.74) is 6.92. The maximum atomic E-state index is 11.9. The number of nitrogen functional groups attached to an aromatic ring is 1. The van der Waals surface area contributed by atoms with E-state index in [1.807, 2.05) is 35.2 Å². The smallest absolute Gasteiger partial charge is 0.227 e. The molecule has 96 valence electrons. The summed E-state index contributed by atoms with van der Waals surface area (Å²) in [5.74, 6) is 0.0798. The standard InChI is InChI=1S/C13H12N2O.2ClH/c14-12-6-4-11(5-7-12)13(16)10-15-8-2-1-3-9-15;;/h1-9H,10H2,(H-,14,16);2*1H. The van der Waals surface area contributed by atoms with Crippen molar-refractivity contribution in [1.82, 2.24) is 0 Å². The molecule has 5 heteroatoms. The average molecular weight is 285 g/mol. The van der Waals surface area contributed by atoms with Gasteiger partial charge in [0.25, 0.3) is 0 Å². The molecule has 0 saturated heterocycles. The zero-order chi connectivity index (χ0) is 11.4. The van der Waals surface area contributed by atoms with Gasteiger partial charge >= 0.3 is 0 Å². The Bertz CT molecular complexity index is 486. The summed E-state index contributed by atoms with van der Waals surface area (Å²) < 4.78 is 1.85. The van der Waals surface area contributed by atoms with Crippen LogP contribution < -0.4 is 22.7 Å². The number of nitrogens with two attached hydrogens (primary N) is 1. The molecule has 18 heavy (non-hydrogen) atoms. The first kappa shape index (κ1) is 16.4. The van der Waals surface area contributed by atoms with Gasteiger partial charge in [0.2, 0.25) is 12.3 Å². The number of rotatable bonds is 3. The van der Waals surface area contributed by atoms with Gasteiger partial charge in [0.15, 0.2) is 12.4 Å². The van der Waals surface area contributed by atoms with Crippen LogP contribution in [0.25, 0.3) is 0 Å². The van der Waals surface area contributed by atoms with Crippen LogP contribution in [0, 0.1) is 0 Å². The summed E-state index contributed by atoms with van der Waals surface area (Å²) in [7, 11) is 0. The average Bonchev–Trinajstić information content (AvgIpc) is 2.31. The number of Topliss-reactive ketones (excluding diaryl/α,β-unsaturated/α-hetero) is 1. The monoisotopic (exact) mass is 284 g/mol. The van der Waals surface area contributed by atoms with Gasteiger partial charge in [0, 0.05) is 23.4 Å². The summed E-state index contributed by atoms with van der Waals surface area (Å²) in [5, 5.41) is 0. The Morgan fingerprint density at radius 1 is 1.06 bits per heavy atom. The largest absolute Gasteiger partial charge is 1.00 e. The molecule has 0 unspecified atom stereocenters. The van der Waals surface area contributed by atoms with Gasteiger partial charge in [0.1, 0.15) is 0 Å². The van der Waals surface area contributed by atoms with Gasteiger partial charge in [-0.05, 0) is 24.3 Å². The molecule has 0 spiro atoms. The minimum absolute atomic E-state index is 0. The second kappa shape index (κ2) is 7.69. The summed E-state index contributed by atoms with van der Waals surface area (Å²) in [6, 6.07) is 12.7. The molecule has 2 N–H and O–H groups in total. The molecule has 1 aromatic carbocycles. The first-order chi connectivity index (χ1) is 7.75. The van der Waals surface area contributed by atoms with E-state index < -0.39 is 0 Å². The highest BCUT2D eigenvalue weighted by Crippen LogP contribution is 2.06. The van der Waals surface area contributed by atoms with E-state index in [-0.39, 0.29) is 30.6 Å². The van der Waals surface area contributed by atoms with Crippen LogP contribution in [0.4, 0.5) is 5.69 Å². The van der Waals surface area contributed by atoms with E-state index in [9.17, 15) is 4.79 Å². The van der Waals surface area contributed by atoms with Crippen LogP contribution in [0.15, 0.2) is 54.9 Å². The normalized spacial score (nSPS) is 8.89. The van der Waals surface area contributed by atoms with E-state index in [1.54, 1.807) is 24.3 Å². The molecule has 0 atom stereocenters. The lowest BCUT2D eigenvalue weighted by atomic mass is 10.1. The van der Waals surface area contributed by atoms with Crippen LogP contribution >= 0.6 is 12.4 Å². The first-order valence-corrected chi connectivity index (χ1v) is 5.08. The number of pyridine rings is 1. The Kier molecular flexibility index (Phi) is 7.01. The fourth-order valence-corrected chi connectivity index (χ4v) is 1.47. The van der Waals surface area contributed by atoms with Crippen molar-refractivity contribution in [2.24, 2.45) is 0 Å². The van der Waals surface area contributed by atoms with E-state index in [1.165, 1.54) is 0 Å². The van der Waals surface area contributed by atoms with Crippen LogP contribution in [-0.2, 0) is 6.54 Å². The van der Waals surface area contributed by atoms with Gasteiger partial charge in [-0.1, -0.05) is 6.07 Å². The van der Waals surface area contributed by atoms with Crippen LogP contribution in [0.5, 0.6) is 0 Å². The molecule has 2 aromatic rings. The molecule has 2 rings (SSSR count). The topological polar surface area (TPSA) is 47.0 Å². The molecule has 0 radical (unpaired) electrons. The van der Waals surface area contributed by atoms with E-state index in [0.29, 0.717) is 17.8 Å². The molecule has 0 aliphatic heterocycles. The summed E-state index contributed by atoms with van der Waals surface area (Å²) in [6.07, 6.45) is 3.74. The predicted molar refractivity (Wildman–Crippen MR) is 69.1 cm³/mol. The lowest BCUT2D eigenvalue weighted by Crippen LogP contribution is -3.00. The van der Waals surface area contributed by atoms with Crippen LogP contribution in [0.3, 0.4) is 0 Å². The zero-order valence-electron chi connectivity index (χ0n) is 9.62. The molecular weight excluding hydrogens is 271 g/mol. The number of anilines is 1. The number of carbonyl (C=O) groups is 1. The SMILES string of the molecule is Cl.Nc1ccc(C(=O)C[n+]2ccccc2)cc1.[Cl-]. The third-order valence-electron chi connectivity index (χ3n) is 2.34. The maximum absolute atomic E-state index is 11.9. The van der Waals surface area contributed by atoms with E-state index >= 15 is 0 Å². The van der Waals surface area contributed by atoms with Crippen molar-refractivity contribution in [1.29, 1.82) is 0 Å². The third kappa shape index (κ3) is 4.35. The summed E-state index contributed by atoms with van der Waals surface area (Å²) >= 11 is 0. The van der Waals surface area contributed by atoms with Crippen molar-refractivity contribution in [3.63, 3.8) is 0 Å². The van der Waals surface area contributed by atoms with Gasteiger partial charge in [-0.3, -0.25) is 4.79 Å². The highest BCUT2D eigenvalue weighted by Gasteiger charge is 2.10. The number of hydrogen-bond donors (Lipinski definition) is 1. The van der Waals surface area contributed by atoms with Crippen molar-refractivity contribution >= 4 is 23.9 Å². The Morgan fingerprint density at radius 3 is 2.17 bits per heavy atom. The van der Waals surface area contributed by atoms with Gasteiger partial charge in [0.05, 0.1) is 0 Å². The van der Waals surface area contributed by atoms with Crippen molar-refractivity contribution in [2.45, 2.75) is 6.54 Å². The molecule has 0 aliphatic carbocycles. The van der Waals surface area contributed by atoms with Crippen molar-refractivity contribution in [2.75, 3.05) is 5.73 Å². The fourth-order valence-electron chi connectivity index (χ4n) is 1.47. The molecule has 0 aliphatic rings. The zero-order valence-corrected chi connectivity index (χ0v) is 11.2. The number of ketones is 1. The van der Waals surface area contributed by atoms with Gasteiger partial charge < -0.3 is 18.1 Å². The minimum Gasteiger partial charge on any atom is -1.00 e. The van der Waals surface area contributed by atoms with Gasteiger partial charge in [-0.25, -0.2) is 0 Å². The number of nitrogens with zero attached hydrogens (tertiary/aromatic N) is 1. The number of hydrogen-bond acceptors (Lipinski definition) is 2. The molecule has 1 heterocycles. The lowest BCUT2D eigenvalue weighted by Gasteiger charge is -1.98. The Morgan fingerprint density at radius 2 is 1.61 bits per heavy atom. The lowest BCUT2D eigenvalue weighted by molar-refractivity contribution is -0.683. The molecule has 3 nitrogen and oxygen atoms in total.